The SMILES string of the molecule is Cc1ccc(C(=O)NCC(=O)OCC(=O)OC(C)(C)C)s1. The Morgan fingerprint density at radius 3 is 2.38 bits per heavy atom. The Balaban J connectivity index is 2.28. The van der Waals surface area contributed by atoms with Crippen molar-refractivity contribution >= 4 is 29.2 Å². The summed E-state index contributed by atoms with van der Waals surface area (Å²) < 4.78 is 9.70. The number of carbonyl (C=O) groups is 3. The van der Waals surface area contributed by atoms with Gasteiger partial charge in [0.15, 0.2) is 6.61 Å². The summed E-state index contributed by atoms with van der Waals surface area (Å²) in [5.41, 5.74) is -0.630. The molecule has 0 aromatic carbocycles. The van der Waals surface area contributed by atoms with Crippen molar-refractivity contribution in [3.63, 3.8) is 0 Å². The molecule has 0 bridgehead atoms. The zero-order valence-corrected chi connectivity index (χ0v) is 13.3. The van der Waals surface area contributed by atoms with Crippen LogP contribution in [0.25, 0.3) is 0 Å². The van der Waals surface area contributed by atoms with Gasteiger partial charge in [0.1, 0.15) is 12.1 Å². The molecular formula is C14H19NO5S. The summed E-state index contributed by atoms with van der Waals surface area (Å²) in [6.07, 6.45) is 0. The van der Waals surface area contributed by atoms with Crippen LogP contribution in [0.2, 0.25) is 0 Å². The summed E-state index contributed by atoms with van der Waals surface area (Å²) in [4.78, 5) is 36.0. The molecule has 0 aliphatic carbocycles. The van der Waals surface area contributed by atoms with Gasteiger partial charge < -0.3 is 14.8 Å². The Kier molecular flexibility index (Phi) is 5.90. The first-order valence-electron chi connectivity index (χ1n) is 6.39. The van der Waals surface area contributed by atoms with E-state index in [4.69, 9.17) is 9.47 Å². The predicted molar refractivity (Wildman–Crippen MR) is 78.2 cm³/mol. The second kappa shape index (κ2) is 7.21. The van der Waals surface area contributed by atoms with Gasteiger partial charge in [-0.2, -0.15) is 0 Å². The molecule has 1 N–H and O–H groups in total. The second-order valence-corrected chi connectivity index (χ2v) is 6.63. The van der Waals surface area contributed by atoms with Gasteiger partial charge in [-0.25, -0.2) is 4.79 Å². The maximum atomic E-state index is 11.7. The molecule has 1 aromatic rings. The molecular weight excluding hydrogens is 294 g/mol. The average Bonchev–Trinajstić information content (AvgIpc) is 2.78. The van der Waals surface area contributed by atoms with Crippen molar-refractivity contribution in [2.24, 2.45) is 0 Å². The molecule has 0 saturated carbocycles. The molecule has 0 atom stereocenters. The minimum atomic E-state index is -0.692. The largest absolute Gasteiger partial charge is 0.457 e. The van der Waals surface area contributed by atoms with Crippen LogP contribution < -0.4 is 5.32 Å². The normalized spacial score (nSPS) is 10.9. The van der Waals surface area contributed by atoms with E-state index in [2.05, 4.69) is 5.32 Å². The monoisotopic (exact) mass is 313 g/mol. The van der Waals surface area contributed by atoms with Gasteiger partial charge in [-0.15, -0.1) is 11.3 Å². The highest BCUT2D eigenvalue weighted by Gasteiger charge is 2.18. The van der Waals surface area contributed by atoms with Gasteiger partial charge in [-0.3, -0.25) is 9.59 Å². The summed E-state index contributed by atoms with van der Waals surface area (Å²) in [5.74, 6) is -1.67. The third-order valence-electron chi connectivity index (χ3n) is 2.13. The fourth-order valence-corrected chi connectivity index (χ4v) is 2.14. The zero-order valence-electron chi connectivity index (χ0n) is 12.5. The van der Waals surface area contributed by atoms with Crippen molar-refractivity contribution in [1.29, 1.82) is 0 Å². The Bertz CT molecular complexity index is 530. The van der Waals surface area contributed by atoms with E-state index < -0.39 is 24.1 Å². The number of ether oxygens (including phenoxy) is 2. The molecule has 0 saturated heterocycles. The van der Waals surface area contributed by atoms with Crippen LogP contribution in [0.15, 0.2) is 12.1 Å². The summed E-state index contributed by atoms with van der Waals surface area (Å²) >= 11 is 1.33. The van der Waals surface area contributed by atoms with Crippen LogP contribution in [0.1, 0.15) is 35.3 Å². The fourth-order valence-electron chi connectivity index (χ4n) is 1.36. The van der Waals surface area contributed by atoms with Crippen molar-refractivity contribution in [1.82, 2.24) is 5.32 Å². The van der Waals surface area contributed by atoms with Crippen molar-refractivity contribution in [2.75, 3.05) is 13.2 Å². The molecule has 21 heavy (non-hydrogen) atoms. The molecule has 0 aliphatic heterocycles. The maximum Gasteiger partial charge on any atom is 0.344 e. The molecule has 0 fully saturated rings. The van der Waals surface area contributed by atoms with Crippen LogP contribution in [0, 0.1) is 6.92 Å². The van der Waals surface area contributed by atoms with Crippen molar-refractivity contribution in [3.8, 4) is 0 Å². The first kappa shape index (κ1) is 17.2. The summed E-state index contributed by atoms with van der Waals surface area (Å²) in [7, 11) is 0. The molecule has 0 unspecified atom stereocenters. The second-order valence-electron chi connectivity index (χ2n) is 5.34. The lowest BCUT2D eigenvalue weighted by atomic mass is 10.2. The Hall–Kier alpha value is -1.89. The summed E-state index contributed by atoms with van der Waals surface area (Å²) in [5, 5.41) is 2.43. The third-order valence-corrected chi connectivity index (χ3v) is 3.13. The lowest BCUT2D eigenvalue weighted by Crippen LogP contribution is -2.32. The van der Waals surface area contributed by atoms with Gasteiger partial charge in [0.05, 0.1) is 4.88 Å². The molecule has 7 heteroatoms. The number of nitrogens with one attached hydrogen (secondary N) is 1. The molecule has 1 heterocycles. The van der Waals surface area contributed by atoms with E-state index in [1.807, 2.05) is 13.0 Å². The summed E-state index contributed by atoms with van der Waals surface area (Å²) in [6, 6.07) is 3.50. The number of amides is 1. The zero-order chi connectivity index (χ0) is 16.0. The van der Waals surface area contributed by atoms with Crippen LogP contribution in [0.5, 0.6) is 0 Å². The van der Waals surface area contributed by atoms with Gasteiger partial charge in [-0.05, 0) is 39.8 Å². The van der Waals surface area contributed by atoms with Gasteiger partial charge in [0.2, 0.25) is 0 Å². The van der Waals surface area contributed by atoms with Gasteiger partial charge in [-0.1, -0.05) is 0 Å². The lowest BCUT2D eigenvalue weighted by Gasteiger charge is -2.19. The number of rotatable bonds is 5. The summed E-state index contributed by atoms with van der Waals surface area (Å²) in [6.45, 7) is 6.28. The average molecular weight is 313 g/mol. The van der Waals surface area contributed by atoms with Crippen LogP contribution in [0.4, 0.5) is 0 Å². The first-order chi connectivity index (χ1) is 9.67. The minimum absolute atomic E-state index is 0.293. The van der Waals surface area contributed by atoms with E-state index in [-0.39, 0.29) is 12.5 Å². The Morgan fingerprint density at radius 2 is 1.86 bits per heavy atom. The molecule has 6 nitrogen and oxygen atoms in total. The van der Waals surface area contributed by atoms with Gasteiger partial charge >= 0.3 is 11.9 Å². The lowest BCUT2D eigenvalue weighted by molar-refractivity contribution is -0.166. The van der Waals surface area contributed by atoms with E-state index in [9.17, 15) is 14.4 Å². The molecule has 0 aliphatic rings. The Labute approximate surface area is 127 Å². The highest BCUT2D eigenvalue weighted by Crippen LogP contribution is 2.14. The number of hydrogen-bond donors (Lipinski definition) is 1. The fraction of sp³-hybridized carbons (Fsp3) is 0.500. The number of hydrogen-bond acceptors (Lipinski definition) is 6. The van der Waals surface area contributed by atoms with Crippen molar-refractivity contribution < 1.29 is 23.9 Å². The van der Waals surface area contributed by atoms with E-state index in [1.54, 1.807) is 26.8 Å². The maximum absolute atomic E-state index is 11.7. The van der Waals surface area contributed by atoms with E-state index in [0.717, 1.165) is 4.88 Å². The van der Waals surface area contributed by atoms with E-state index in [0.29, 0.717) is 4.88 Å². The van der Waals surface area contributed by atoms with Crippen LogP contribution in [-0.2, 0) is 19.1 Å². The molecule has 116 valence electrons. The molecule has 1 rings (SSSR count). The van der Waals surface area contributed by atoms with Crippen LogP contribution in [0.3, 0.4) is 0 Å². The van der Waals surface area contributed by atoms with Gasteiger partial charge in [0, 0.05) is 4.88 Å². The highest BCUT2D eigenvalue weighted by atomic mass is 32.1. The third kappa shape index (κ3) is 6.89. The standard InChI is InChI=1S/C14H19NO5S/c1-9-5-6-10(21-9)13(18)15-7-11(16)19-8-12(17)20-14(2,3)4/h5-6H,7-8H2,1-4H3,(H,15,18). The number of aryl methyl sites for hydroxylation is 1. The first-order valence-corrected chi connectivity index (χ1v) is 7.21. The number of esters is 2. The van der Waals surface area contributed by atoms with Crippen molar-refractivity contribution in [3.05, 3.63) is 21.9 Å². The molecule has 0 spiro atoms. The smallest absolute Gasteiger partial charge is 0.344 e. The van der Waals surface area contributed by atoms with Crippen LogP contribution >= 0.6 is 11.3 Å². The van der Waals surface area contributed by atoms with E-state index in [1.165, 1.54) is 11.3 Å². The topological polar surface area (TPSA) is 81.7 Å². The Morgan fingerprint density at radius 1 is 1.19 bits per heavy atom. The molecule has 0 radical (unpaired) electrons. The molecule has 1 aromatic heterocycles. The highest BCUT2D eigenvalue weighted by molar-refractivity contribution is 7.13. The molecule has 1 amide bonds. The van der Waals surface area contributed by atoms with Gasteiger partial charge in [0.25, 0.3) is 5.91 Å². The number of thiophene rings is 1. The van der Waals surface area contributed by atoms with Crippen molar-refractivity contribution in [2.45, 2.75) is 33.3 Å². The van der Waals surface area contributed by atoms with E-state index >= 15 is 0 Å². The quantitative estimate of drug-likeness (QED) is 0.836. The number of carbonyl (C=O) groups excluding carboxylic acids is 3. The van der Waals surface area contributed by atoms with Crippen LogP contribution in [-0.4, -0.2) is 36.6 Å². The minimum Gasteiger partial charge on any atom is -0.457 e. The predicted octanol–water partition coefficient (Wildman–Crippen LogP) is 1.67.